The van der Waals surface area contributed by atoms with Crippen LogP contribution >= 0.6 is 25.3 Å². The van der Waals surface area contributed by atoms with Crippen LogP contribution < -0.4 is 21.3 Å². The lowest BCUT2D eigenvalue weighted by Crippen LogP contribution is -2.57. The lowest BCUT2D eigenvalue weighted by molar-refractivity contribution is -0.130. The molecule has 1 aliphatic rings. The molecule has 4 amide bonds. The molecule has 0 fully saturated rings. The molecule has 0 saturated heterocycles. The van der Waals surface area contributed by atoms with Crippen LogP contribution in [0.1, 0.15) is 12.5 Å². The third-order valence-corrected chi connectivity index (χ3v) is 4.95. The molecule has 8 nitrogen and oxygen atoms in total. The van der Waals surface area contributed by atoms with E-state index in [4.69, 9.17) is 5.73 Å². The lowest BCUT2D eigenvalue weighted by Gasteiger charge is -2.29. The fourth-order valence-corrected chi connectivity index (χ4v) is 3.46. The first-order chi connectivity index (χ1) is 12.8. The van der Waals surface area contributed by atoms with Crippen molar-refractivity contribution in [3.8, 4) is 0 Å². The zero-order chi connectivity index (χ0) is 20.1. The molecule has 1 aromatic carbocycles. The molecule has 4 N–H and O–H groups in total. The standard InChI is InChI=1S/C17H22N4O4S2/c1-9(22)19-12(8-27)17(25)21-13-5-3-2-4-10(13)6-14(21)16(24)20-11(7-26)15(18)23/h2-5,11-12,14,26-27H,6-8H2,1H3,(H2,18,23)(H,19,22)(H,20,24). The van der Waals surface area contributed by atoms with Gasteiger partial charge in [0.1, 0.15) is 18.1 Å². The van der Waals surface area contributed by atoms with Crippen molar-refractivity contribution in [3.63, 3.8) is 0 Å². The van der Waals surface area contributed by atoms with Crippen molar-refractivity contribution >= 4 is 54.6 Å². The number of anilines is 1. The largest absolute Gasteiger partial charge is 0.368 e. The van der Waals surface area contributed by atoms with Gasteiger partial charge >= 0.3 is 0 Å². The number of rotatable bonds is 7. The molecule has 1 aliphatic heterocycles. The van der Waals surface area contributed by atoms with E-state index in [1.807, 2.05) is 12.1 Å². The number of hydrogen-bond donors (Lipinski definition) is 5. The third-order valence-electron chi connectivity index (χ3n) is 4.22. The minimum absolute atomic E-state index is 0.0415. The number of fused-ring (bicyclic) bond motifs is 1. The van der Waals surface area contributed by atoms with E-state index in [-0.39, 0.29) is 23.8 Å². The summed E-state index contributed by atoms with van der Waals surface area (Å²) in [6, 6.07) is 4.42. The monoisotopic (exact) mass is 410 g/mol. The van der Waals surface area contributed by atoms with E-state index >= 15 is 0 Å². The van der Waals surface area contributed by atoms with Crippen molar-refractivity contribution in [1.82, 2.24) is 10.6 Å². The van der Waals surface area contributed by atoms with Crippen LogP contribution in [0.3, 0.4) is 0 Å². The highest BCUT2D eigenvalue weighted by Crippen LogP contribution is 2.32. The van der Waals surface area contributed by atoms with Crippen LogP contribution in [0.25, 0.3) is 0 Å². The van der Waals surface area contributed by atoms with Crippen molar-refractivity contribution in [3.05, 3.63) is 29.8 Å². The smallest absolute Gasteiger partial charge is 0.251 e. The van der Waals surface area contributed by atoms with Gasteiger partial charge in [-0.1, -0.05) is 18.2 Å². The quantitative estimate of drug-likeness (QED) is 0.381. The van der Waals surface area contributed by atoms with E-state index in [1.165, 1.54) is 11.8 Å². The molecule has 0 aliphatic carbocycles. The highest BCUT2D eigenvalue weighted by atomic mass is 32.1. The Morgan fingerprint density at radius 3 is 2.33 bits per heavy atom. The van der Waals surface area contributed by atoms with Crippen LogP contribution in [0.2, 0.25) is 0 Å². The second-order valence-corrected chi connectivity index (χ2v) is 6.87. The molecule has 0 radical (unpaired) electrons. The summed E-state index contributed by atoms with van der Waals surface area (Å²) < 4.78 is 0. The van der Waals surface area contributed by atoms with Crippen LogP contribution in [0, 0.1) is 0 Å². The summed E-state index contributed by atoms with van der Waals surface area (Å²) in [6.07, 6.45) is 0.283. The van der Waals surface area contributed by atoms with Gasteiger partial charge in [0.05, 0.1) is 0 Å². The summed E-state index contributed by atoms with van der Waals surface area (Å²) in [5.74, 6) is -1.94. The Hall–Kier alpha value is -2.20. The summed E-state index contributed by atoms with van der Waals surface area (Å²) in [4.78, 5) is 50.0. The summed E-state index contributed by atoms with van der Waals surface area (Å²) in [6.45, 7) is 1.30. The number of amides is 4. The lowest BCUT2D eigenvalue weighted by atomic mass is 10.1. The second kappa shape index (κ2) is 9.14. The Labute approximate surface area is 168 Å². The number of para-hydroxylation sites is 1. The molecular formula is C17H22N4O4S2. The molecule has 3 atom stereocenters. The summed E-state index contributed by atoms with van der Waals surface area (Å²) >= 11 is 8.15. The molecule has 0 spiro atoms. The van der Waals surface area contributed by atoms with Gasteiger partial charge in [0.25, 0.3) is 5.91 Å². The first kappa shape index (κ1) is 21.1. The van der Waals surface area contributed by atoms with Crippen LogP contribution in [0.5, 0.6) is 0 Å². The van der Waals surface area contributed by atoms with Gasteiger partial charge in [-0.05, 0) is 11.6 Å². The number of primary amides is 1. The minimum Gasteiger partial charge on any atom is -0.368 e. The molecular weight excluding hydrogens is 388 g/mol. The minimum atomic E-state index is -0.947. The van der Waals surface area contributed by atoms with Crippen LogP contribution in [-0.2, 0) is 25.6 Å². The Kier molecular flexibility index (Phi) is 7.14. The highest BCUT2D eigenvalue weighted by Gasteiger charge is 2.41. The number of thiol groups is 2. The van der Waals surface area contributed by atoms with E-state index in [2.05, 4.69) is 35.9 Å². The average molecular weight is 411 g/mol. The van der Waals surface area contributed by atoms with Gasteiger partial charge in [-0.15, -0.1) is 0 Å². The maximum Gasteiger partial charge on any atom is 0.251 e. The zero-order valence-corrected chi connectivity index (χ0v) is 16.5. The van der Waals surface area contributed by atoms with Crippen LogP contribution in [0.15, 0.2) is 24.3 Å². The number of carbonyl (C=O) groups excluding carboxylic acids is 4. The summed E-state index contributed by atoms with van der Waals surface area (Å²) in [7, 11) is 0. The number of nitrogens with two attached hydrogens (primary N) is 1. The molecule has 2 rings (SSSR count). The molecule has 0 saturated carbocycles. The summed E-state index contributed by atoms with van der Waals surface area (Å²) in [5.41, 5.74) is 6.65. The second-order valence-electron chi connectivity index (χ2n) is 6.14. The van der Waals surface area contributed by atoms with Gasteiger partial charge in [0, 0.05) is 30.5 Å². The van der Waals surface area contributed by atoms with Crippen molar-refractivity contribution < 1.29 is 19.2 Å². The molecule has 0 bridgehead atoms. The van der Waals surface area contributed by atoms with Crippen LogP contribution in [0.4, 0.5) is 5.69 Å². The SMILES string of the molecule is CC(=O)NC(CS)C(=O)N1c2ccccc2CC1C(=O)NC(CS)C(N)=O. The maximum atomic E-state index is 13.1. The topological polar surface area (TPSA) is 122 Å². The molecule has 1 aromatic rings. The number of benzene rings is 1. The van der Waals surface area contributed by atoms with E-state index in [0.717, 1.165) is 5.56 Å². The summed E-state index contributed by atoms with van der Waals surface area (Å²) in [5, 5.41) is 5.08. The molecule has 27 heavy (non-hydrogen) atoms. The predicted octanol–water partition coefficient (Wildman–Crippen LogP) is -0.721. The first-order valence-corrected chi connectivity index (χ1v) is 9.56. The Bertz CT molecular complexity index is 758. The third kappa shape index (κ3) is 4.75. The number of carbonyl (C=O) groups is 4. The zero-order valence-electron chi connectivity index (χ0n) is 14.7. The number of nitrogens with one attached hydrogen (secondary N) is 2. The van der Waals surface area contributed by atoms with Gasteiger partial charge in [0.15, 0.2) is 0 Å². The van der Waals surface area contributed by atoms with E-state index in [9.17, 15) is 19.2 Å². The van der Waals surface area contributed by atoms with Gasteiger partial charge in [-0.3, -0.25) is 24.1 Å². The molecule has 1 heterocycles. The Balaban J connectivity index is 2.33. The van der Waals surface area contributed by atoms with E-state index < -0.39 is 35.8 Å². The van der Waals surface area contributed by atoms with Crippen molar-refractivity contribution in [2.24, 2.45) is 5.73 Å². The first-order valence-electron chi connectivity index (χ1n) is 8.29. The van der Waals surface area contributed by atoms with E-state index in [0.29, 0.717) is 5.69 Å². The molecule has 0 aromatic heterocycles. The molecule has 3 unspecified atom stereocenters. The van der Waals surface area contributed by atoms with Crippen LogP contribution in [-0.4, -0.2) is 53.3 Å². The Morgan fingerprint density at radius 1 is 1.15 bits per heavy atom. The normalized spacial score (nSPS) is 17.6. The highest BCUT2D eigenvalue weighted by molar-refractivity contribution is 7.80. The van der Waals surface area contributed by atoms with Gasteiger partial charge in [-0.2, -0.15) is 25.3 Å². The van der Waals surface area contributed by atoms with Gasteiger partial charge < -0.3 is 16.4 Å². The number of nitrogens with zero attached hydrogens (tertiary/aromatic N) is 1. The number of hydrogen-bond acceptors (Lipinski definition) is 6. The molecule has 146 valence electrons. The van der Waals surface area contributed by atoms with Gasteiger partial charge in [0.2, 0.25) is 17.7 Å². The van der Waals surface area contributed by atoms with Crippen molar-refractivity contribution in [2.45, 2.75) is 31.5 Å². The predicted molar refractivity (Wildman–Crippen MR) is 108 cm³/mol. The fraction of sp³-hybridized carbons (Fsp3) is 0.412. The molecule has 10 heteroatoms. The Morgan fingerprint density at radius 2 is 1.78 bits per heavy atom. The fourth-order valence-electron chi connectivity index (χ4n) is 2.94. The maximum absolute atomic E-state index is 13.1. The average Bonchev–Trinajstić information content (AvgIpc) is 3.02. The van der Waals surface area contributed by atoms with Crippen molar-refractivity contribution in [1.29, 1.82) is 0 Å². The van der Waals surface area contributed by atoms with Gasteiger partial charge in [-0.25, -0.2) is 0 Å². The van der Waals surface area contributed by atoms with E-state index in [1.54, 1.807) is 12.1 Å². The van der Waals surface area contributed by atoms with Crippen molar-refractivity contribution in [2.75, 3.05) is 16.4 Å².